The van der Waals surface area contributed by atoms with E-state index in [1.54, 1.807) is 0 Å². The summed E-state index contributed by atoms with van der Waals surface area (Å²) in [6, 6.07) is 6.75. The third-order valence-electron chi connectivity index (χ3n) is 3.40. The highest BCUT2D eigenvalue weighted by Crippen LogP contribution is 2.30. The number of rotatable bonds is 3. The van der Waals surface area contributed by atoms with E-state index in [4.69, 9.17) is 11.6 Å². The Morgan fingerprint density at radius 2 is 2.12 bits per heavy atom. The van der Waals surface area contributed by atoms with Gasteiger partial charge in [0.25, 0.3) is 0 Å². The molecular weight excluding hydrogens is 220 g/mol. The van der Waals surface area contributed by atoms with E-state index in [1.807, 2.05) is 12.1 Å². The lowest BCUT2D eigenvalue weighted by Gasteiger charge is -2.34. The molecule has 1 heterocycles. The van der Waals surface area contributed by atoms with Gasteiger partial charge >= 0.3 is 0 Å². The molecule has 3 heteroatoms. The van der Waals surface area contributed by atoms with Crippen LogP contribution in [0.25, 0.3) is 0 Å². The molecule has 1 aliphatic heterocycles. The van der Waals surface area contributed by atoms with Gasteiger partial charge in [-0.2, -0.15) is 0 Å². The van der Waals surface area contributed by atoms with Crippen molar-refractivity contribution < 1.29 is 0 Å². The summed E-state index contributed by atoms with van der Waals surface area (Å²) in [7, 11) is 0. The average Bonchev–Trinajstić information content (AvgIpc) is 2.31. The van der Waals surface area contributed by atoms with Crippen LogP contribution in [0.4, 0.5) is 5.69 Å². The van der Waals surface area contributed by atoms with E-state index in [0.29, 0.717) is 6.04 Å². The van der Waals surface area contributed by atoms with Crippen molar-refractivity contribution in [2.24, 2.45) is 0 Å². The molecule has 1 unspecified atom stereocenters. The van der Waals surface area contributed by atoms with Crippen LogP contribution in [0.5, 0.6) is 0 Å². The van der Waals surface area contributed by atoms with Gasteiger partial charge in [-0.1, -0.05) is 37.6 Å². The Kier molecular flexibility index (Phi) is 3.72. The molecule has 0 saturated carbocycles. The minimum Gasteiger partial charge on any atom is -0.382 e. The van der Waals surface area contributed by atoms with E-state index in [2.05, 4.69) is 30.1 Å². The van der Waals surface area contributed by atoms with Gasteiger partial charge in [0, 0.05) is 12.6 Å². The first kappa shape index (κ1) is 11.7. The largest absolute Gasteiger partial charge is 0.382 e. The third-order valence-corrected chi connectivity index (χ3v) is 3.71. The molecule has 1 N–H and O–H groups in total. The van der Waals surface area contributed by atoms with Crippen molar-refractivity contribution >= 4 is 17.3 Å². The smallest absolute Gasteiger partial charge is 0.0640 e. The van der Waals surface area contributed by atoms with Gasteiger partial charge in [0.05, 0.1) is 10.7 Å². The predicted molar refractivity (Wildman–Crippen MR) is 70.4 cm³/mol. The number of nitrogens with one attached hydrogen (secondary N) is 1. The van der Waals surface area contributed by atoms with Gasteiger partial charge in [-0.3, -0.25) is 4.90 Å². The highest BCUT2D eigenvalue weighted by atomic mass is 35.5. The fourth-order valence-electron chi connectivity index (χ4n) is 2.48. The molecule has 0 saturated heterocycles. The number of likely N-dealkylation sites (N-methyl/N-ethyl adjacent to an activating group) is 1. The zero-order valence-corrected chi connectivity index (χ0v) is 10.7. The lowest BCUT2D eigenvalue weighted by atomic mass is 9.98. The summed E-state index contributed by atoms with van der Waals surface area (Å²) in [4.78, 5) is 2.50. The van der Waals surface area contributed by atoms with Crippen LogP contribution in [0.15, 0.2) is 18.2 Å². The minimum atomic E-state index is 0.598. The second-order valence-corrected chi connectivity index (χ2v) is 4.64. The van der Waals surface area contributed by atoms with Gasteiger partial charge in [-0.15, -0.1) is 0 Å². The lowest BCUT2D eigenvalue weighted by Crippen LogP contribution is -2.43. The standard InChI is InChI=1S/C13H19ClN2/c1-3-16(4-2)11-8-10-6-5-7-12(14)13(10)15-9-11/h5-7,11,15H,3-4,8-9H2,1-2H3. The van der Waals surface area contributed by atoms with Crippen molar-refractivity contribution in [3.63, 3.8) is 0 Å². The van der Waals surface area contributed by atoms with Gasteiger partial charge in [0.1, 0.15) is 0 Å². The van der Waals surface area contributed by atoms with Gasteiger partial charge in [0.15, 0.2) is 0 Å². The molecule has 0 aromatic heterocycles. The van der Waals surface area contributed by atoms with Gasteiger partial charge < -0.3 is 5.32 Å². The number of fused-ring (bicyclic) bond motifs is 1. The van der Waals surface area contributed by atoms with Gasteiger partial charge in [0.2, 0.25) is 0 Å². The third kappa shape index (κ3) is 2.18. The molecule has 1 atom stereocenters. The van der Waals surface area contributed by atoms with Crippen LogP contribution >= 0.6 is 11.6 Å². The topological polar surface area (TPSA) is 15.3 Å². The molecule has 1 aliphatic rings. The summed E-state index contributed by atoms with van der Waals surface area (Å²) < 4.78 is 0. The zero-order chi connectivity index (χ0) is 11.5. The van der Waals surface area contributed by atoms with Crippen molar-refractivity contribution in [2.45, 2.75) is 26.3 Å². The van der Waals surface area contributed by atoms with Crippen LogP contribution in [0.3, 0.4) is 0 Å². The van der Waals surface area contributed by atoms with Crippen LogP contribution in [-0.2, 0) is 6.42 Å². The quantitative estimate of drug-likeness (QED) is 0.871. The summed E-state index contributed by atoms with van der Waals surface area (Å²) in [6.07, 6.45) is 1.10. The molecule has 0 bridgehead atoms. The van der Waals surface area contributed by atoms with Crippen LogP contribution in [0.2, 0.25) is 5.02 Å². The summed E-state index contributed by atoms with van der Waals surface area (Å²) in [5.41, 5.74) is 2.48. The minimum absolute atomic E-state index is 0.598. The van der Waals surface area contributed by atoms with Gasteiger partial charge in [-0.05, 0) is 31.1 Å². The van der Waals surface area contributed by atoms with E-state index in [-0.39, 0.29) is 0 Å². The number of para-hydroxylation sites is 1. The average molecular weight is 239 g/mol. The predicted octanol–water partition coefficient (Wildman–Crippen LogP) is 3.02. The fourth-order valence-corrected chi connectivity index (χ4v) is 2.74. The monoisotopic (exact) mass is 238 g/mol. The zero-order valence-electron chi connectivity index (χ0n) is 9.96. The molecule has 88 valence electrons. The molecule has 0 aliphatic carbocycles. The first-order valence-corrected chi connectivity index (χ1v) is 6.39. The molecule has 16 heavy (non-hydrogen) atoms. The molecule has 0 fully saturated rings. The normalized spacial score (nSPS) is 19.4. The van der Waals surface area contributed by atoms with E-state index in [0.717, 1.165) is 36.8 Å². The van der Waals surface area contributed by atoms with E-state index in [1.165, 1.54) is 5.56 Å². The van der Waals surface area contributed by atoms with Gasteiger partial charge in [-0.25, -0.2) is 0 Å². The Labute approximate surface area is 103 Å². The molecule has 0 spiro atoms. The Morgan fingerprint density at radius 1 is 1.38 bits per heavy atom. The first-order chi connectivity index (χ1) is 7.76. The molecule has 2 nitrogen and oxygen atoms in total. The van der Waals surface area contributed by atoms with E-state index in [9.17, 15) is 0 Å². The highest BCUT2D eigenvalue weighted by molar-refractivity contribution is 6.33. The van der Waals surface area contributed by atoms with E-state index >= 15 is 0 Å². The SMILES string of the molecule is CCN(CC)C1CNc2c(Cl)cccc2C1. The maximum absolute atomic E-state index is 6.16. The maximum Gasteiger partial charge on any atom is 0.0640 e. The number of anilines is 1. The first-order valence-electron chi connectivity index (χ1n) is 6.01. The summed E-state index contributed by atoms with van der Waals surface area (Å²) in [6.45, 7) is 7.66. The second-order valence-electron chi connectivity index (χ2n) is 4.23. The van der Waals surface area contributed by atoms with Crippen LogP contribution < -0.4 is 5.32 Å². The number of hydrogen-bond donors (Lipinski definition) is 1. The van der Waals surface area contributed by atoms with Crippen molar-refractivity contribution in [2.75, 3.05) is 25.0 Å². The number of hydrogen-bond acceptors (Lipinski definition) is 2. The number of benzene rings is 1. The summed E-state index contributed by atoms with van der Waals surface area (Å²) in [5.74, 6) is 0. The molecule has 0 radical (unpaired) electrons. The second kappa shape index (κ2) is 5.07. The van der Waals surface area contributed by atoms with E-state index < -0.39 is 0 Å². The molecule has 2 rings (SSSR count). The molecule has 1 aromatic carbocycles. The molecule has 1 aromatic rings. The Morgan fingerprint density at radius 3 is 2.81 bits per heavy atom. The lowest BCUT2D eigenvalue weighted by molar-refractivity contribution is 0.221. The highest BCUT2D eigenvalue weighted by Gasteiger charge is 2.23. The van der Waals surface area contributed by atoms with Crippen LogP contribution in [0.1, 0.15) is 19.4 Å². The summed E-state index contributed by atoms with van der Waals surface area (Å²) >= 11 is 6.16. The molecular formula is C13H19ClN2. The fraction of sp³-hybridized carbons (Fsp3) is 0.538. The Hall–Kier alpha value is -0.730. The van der Waals surface area contributed by atoms with Crippen molar-refractivity contribution in [3.8, 4) is 0 Å². The van der Waals surface area contributed by atoms with Crippen LogP contribution in [-0.4, -0.2) is 30.6 Å². The maximum atomic E-state index is 6.16. The molecule has 0 amide bonds. The van der Waals surface area contributed by atoms with Crippen molar-refractivity contribution in [1.82, 2.24) is 4.90 Å². The van der Waals surface area contributed by atoms with Crippen molar-refractivity contribution in [1.29, 1.82) is 0 Å². The summed E-state index contributed by atoms with van der Waals surface area (Å²) in [5, 5.41) is 4.30. The Balaban J connectivity index is 2.17. The number of halogens is 1. The Bertz CT molecular complexity index is 361. The number of nitrogens with zero attached hydrogens (tertiary/aromatic N) is 1. The van der Waals surface area contributed by atoms with Crippen LogP contribution in [0, 0.1) is 0 Å². The van der Waals surface area contributed by atoms with Crippen molar-refractivity contribution in [3.05, 3.63) is 28.8 Å².